The second-order valence-electron chi connectivity index (χ2n) is 5.00. The van der Waals surface area contributed by atoms with Crippen LogP contribution in [0.2, 0.25) is 5.02 Å². The average Bonchev–Trinajstić information content (AvgIpc) is 3.20. The molecule has 1 amide bonds. The van der Waals surface area contributed by atoms with E-state index in [1.807, 2.05) is 23.6 Å². The minimum absolute atomic E-state index is 0.0734. The second kappa shape index (κ2) is 6.07. The van der Waals surface area contributed by atoms with E-state index in [0.29, 0.717) is 16.8 Å². The number of halogens is 1. The smallest absolute Gasteiger partial charge is 0.234 e. The predicted octanol–water partition coefficient (Wildman–Crippen LogP) is 3.31. The summed E-state index contributed by atoms with van der Waals surface area (Å²) in [7, 11) is 0. The first-order valence-electron chi connectivity index (χ1n) is 6.72. The molecule has 1 aromatic heterocycles. The molecule has 1 heterocycles. The zero-order valence-electron chi connectivity index (χ0n) is 11.5. The Morgan fingerprint density at radius 3 is 3.10 bits per heavy atom. The van der Waals surface area contributed by atoms with Gasteiger partial charge in [0.1, 0.15) is 6.33 Å². The number of benzene rings is 1. The third-order valence-corrected chi connectivity index (χ3v) is 4.72. The maximum Gasteiger partial charge on any atom is 0.234 e. The largest absolute Gasteiger partial charge is 0.325 e. The molecule has 0 bridgehead atoms. The molecule has 7 heteroatoms. The minimum Gasteiger partial charge on any atom is -0.325 e. The van der Waals surface area contributed by atoms with E-state index >= 15 is 0 Å². The molecule has 1 aliphatic rings. The molecule has 1 aromatic carbocycles. The lowest BCUT2D eigenvalue weighted by atomic mass is 10.2. The van der Waals surface area contributed by atoms with E-state index in [9.17, 15) is 4.79 Å². The molecule has 21 heavy (non-hydrogen) atoms. The van der Waals surface area contributed by atoms with Gasteiger partial charge in [-0.2, -0.15) is 0 Å². The van der Waals surface area contributed by atoms with E-state index in [4.69, 9.17) is 11.6 Å². The van der Waals surface area contributed by atoms with Crippen LogP contribution in [0.25, 0.3) is 0 Å². The first-order valence-corrected chi connectivity index (χ1v) is 8.09. The Morgan fingerprint density at radius 1 is 1.52 bits per heavy atom. The fraction of sp³-hybridized carbons (Fsp3) is 0.357. The molecule has 1 saturated carbocycles. The Balaban J connectivity index is 1.59. The molecule has 0 aliphatic heterocycles. The highest BCUT2D eigenvalue weighted by molar-refractivity contribution is 7.99. The standard InChI is InChI=1S/C14H15ClN4OS/c1-9-11(15)3-2-4-12(9)17-13(20)7-21-14-18-16-8-19(14)10-5-6-10/h2-4,8,10H,5-7H2,1H3,(H,17,20). The number of carbonyl (C=O) groups excluding carboxylic acids is 1. The number of thioether (sulfide) groups is 1. The van der Waals surface area contributed by atoms with Gasteiger partial charge in [-0.25, -0.2) is 0 Å². The molecular formula is C14H15ClN4OS. The summed E-state index contributed by atoms with van der Waals surface area (Å²) >= 11 is 7.44. The number of nitrogens with one attached hydrogen (secondary N) is 1. The number of hydrogen-bond donors (Lipinski definition) is 1. The highest BCUT2D eigenvalue weighted by Gasteiger charge is 2.26. The number of anilines is 1. The van der Waals surface area contributed by atoms with E-state index in [1.165, 1.54) is 24.6 Å². The Morgan fingerprint density at radius 2 is 2.33 bits per heavy atom. The lowest BCUT2D eigenvalue weighted by Gasteiger charge is -2.09. The summed E-state index contributed by atoms with van der Waals surface area (Å²) < 4.78 is 2.04. The lowest BCUT2D eigenvalue weighted by Crippen LogP contribution is -2.15. The van der Waals surface area contributed by atoms with Crippen LogP contribution in [0.1, 0.15) is 24.4 Å². The van der Waals surface area contributed by atoms with Crippen molar-refractivity contribution in [2.45, 2.75) is 31.0 Å². The second-order valence-corrected chi connectivity index (χ2v) is 6.35. The third-order valence-electron chi connectivity index (χ3n) is 3.35. The number of hydrogen-bond acceptors (Lipinski definition) is 4. The summed E-state index contributed by atoms with van der Waals surface area (Å²) in [5.41, 5.74) is 1.62. The molecule has 0 spiro atoms. The number of carbonyl (C=O) groups is 1. The maximum atomic E-state index is 12.0. The van der Waals surface area contributed by atoms with Gasteiger partial charge in [-0.3, -0.25) is 4.79 Å². The number of nitrogens with zero attached hydrogens (tertiary/aromatic N) is 3. The van der Waals surface area contributed by atoms with Gasteiger partial charge in [0.2, 0.25) is 5.91 Å². The van der Waals surface area contributed by atoms with Gasteiger partial charge in [-0.05, 0) is 37.5 Å². The number of amides is 1. The summed E-state index contributed by atoms with van der Waals surface area (Å²) in [5, 5.41) is 12.3. The molecule has 1 N–H and O–H groups in total. The van der Waals surface area contributed by atoms with E-state index in [2.05, 4.69) is 15.5 Å². The van der Waals surface area contributed by atoms with E-state index in [0.717, 1.165) is 16.4 Å². The van der Waals surface area contributed by atoms with Gasteiger partial charge in [-0.1, -0.05) is 29.4 Å². The molecule has 1 fully saturated rings. The maximum absolute atomic E-state index is 12.0. The van der Waals surface area contributed by atoms with Crippen LogP contribution >= 0.6 is 23.4 Å². The van der Waals surface area contributed by atoms with Crippen molar-refractivity contribution in [3.8, 4) is 0 Å². The Labute approximate surface area is 132 Å². The minimum atomic E-state index is -0.0734. The molecule has 0 atom stereocenters. The molecule has 110 valence electrons. The van der Waals surface area contributed by atoms with Crippen molar-refractivity contribution in [1.29, 1.82) is 0 Å². The van der Waals surface area contributed by atoms with Crippen molar-refractivity contribution in [2.24, 2.45) is 0 Å². The third kappa shape index (κ3) is 3.39. The summed E-state index contributed by atoms with van der Waals surface area (Å²) in [4.78, 5) is 12.0. The summed E-state index contributed by atoms with van der Waals surface area (Å²) in [6.45, 7) is 1.88. The van der Waals surface area contributed by atoms with Crippen LogP contribution in [0.5, 0.6) is 0 Å². The summed E-state index contributed by atoms with van der Waals surface area (Å²) in [5.74, 6) is 0.230. The monoisotopic (exact) mass is 322 g/mol. The molecule has 0 radical (unpaired) electrons. The molecule has 2 aromatic rings. The number of aromatic nitrogens is 3. The van der Waals surface area contributed by atoms with Crippen LogP contribution in [0.4, 0.5) is 5.69 Å². The fourth-order valence-electron chi connectivity index (χ4n) is 2.00. The topological polar surface area (TPSA) is 59.8 Å². The molecule has 1 aliphatic carbocycles. The van der Waals surface area contributed by atoms with Crippen LogP contribution in [0, 0.1) is 6.92 Å². The van der Waals surface area contributed by atoms with Gasteiger partial charge >= 0.3 is 0 Å². The van der Waals surface area contributed by atoms with Gasteiger partial charge in [-0.15, -0.1) is 10.2 Å². The first-order chi connectivity index (χ1) is 10.1. The highest BCUT2D eigenvalue weighted by atomic mass is 35.5. The normalized spacial score (nSPS) is 14.2. The van der Waals surface area contributed by atoms with Gasteiger partial charge in [0.05, 0.1) is 5.75 Å². The van der Waals surface area contributed by atoms with E-state index in [1.54, 1.807) is 12.4 Å². The summed E-state index contributed by atoms with van der Waals surface area (Å²) in [6.07, 6.45) is 4.07. The zero-order chi connectivity index (χ0) is 14.8. The van der Waals surface area contributed by atoms with Crippen molar-refractivity contribution in [1.82, 2.24) is 14.8 Å². The van der Waals surface area contributed by atoms with E-state index < -0.39 is 0 Å². The zero-order valence-corrected chi connectivity index (χ0v) is 13.1. The van der Waals surface area contributed by atoms with Gasteiger partial charge in [0, 0.05) is 16.8 Å². The fourth-order valence-corrected chi connectivity index (χ4v) is 2.95. The van der Waals surface area contributed by atoms with Gasteiger partial charge < -0.3 is 9.88 Å². The number of rotatable bonds is 5. The van der Waals surface area contributed by atoms with Crippen LogP contribution in [0.3, 0.4) is 0 Å². The molecule has 5 nitrogen and oxygen atoms in total. The van der Waals surface area contributed by atoms with E-state index in [-0.39, 0.29) is 5.91 Å². The average molecular weight is 323 g/mol. The van der Waals surface area contributed by atoms with Gasteiger partial charge in [0.25, 0.3) is 0 Å². The van der Waals surface area contributed by atoms with Crippen molar-refractivity contribution >= 4 is 35.0 Å². The van der Waals surface area contributed by atoms with Gasteiger partial charge in [0.15, 0.2) is 5.16 Å². The van der Waals surface area contributed by atoms with Crippen molar-refractivity contribution in [3.63, 3.8) is 0 Å². The van der Waals surface area contributed by atoms with Crippen molar-refractivity contribution in [3.05, 3.63) is 35.1 Å². The SMILES string of the molecule is Cc1c(Cl)cccc1NC(=O)CSc1nncn1C1CC1. The Kier molecular flexibility index (Phi) is 4.17. The van der Waals surface area contributed by atoms with Crippen molar-refractivity contribution < 1.29 is 4.79 Å². The Bertz CT molecular complexity index is 669. The highest BCUT2D eigenvalue weighted by Crippen LogP contribution is 2.37. The van der Waals surface area contributed by atoms with Crippen molar-refractivity contribution in [2.75, 3.05) is 11.1 Å². The lowest BCUT2D eigenvalue weighted by molar-refractivity contribution is -0.113. The molecular weight excluding hydrogens is 308 g/mol. The van der Waals surface area contributed by atoms with Crippen LogP contribution in [-0.4, -0.2) is 26.4 Å². The van der Waals surface area contributed by atoms with Crippen LogP contribution in [-0.2, 0) is 4.79 Å². The molecule has 0 saturated heterocycles. The van der Waals surface area contributed by atoms with Crippen LogP contribution in [0.15, 0.2) is 29.7 Å². The molecule has 3 rings (SSSR count). The Hall–Kier alpha value is -1.53. The quantitative estimate of drug-likeness (QED) is 0.858. The summed E-state index contributed by atoms with van der Waals surface area (Å²) in [6, 6.07) is 5.98. The van der Waals surface area contributed by atoms with Crippen LogP contribution < -0.4 is 5.32 Å². The molecule has 0 unspecified atom stereocenters. The predicted molar refractivity (Wildman–Crippen MR) is 83.8 cm³/mol. The first kappa shape index (κ1) is 14.4.